The second-order valence-electron chi connectivity index (χ2n) is 3.61. The number of aldehydes is 1. The number of benzene rings is 1. The zero-order chi connectivity index (χ0) is 13.7. The molecule has 1 unspecified atom stereocenters. The molecule has 1 aromatic carbocycles. The summed E-state index contributed by atoms with van der Waals surface area (Å²) in [4.78, 5) is 32.2. The standard InChI is InChI=1S/C13H11BrO4/c1-8(16)13(14)12-9(5-6-11(17)18)3-2-4-10(12)7-15/h2-7,13H,1H3,(H,17,18). The molecular weight excluding hydrogens is 300 g/mol. The molecule has 0 fully saturated rings. The van der Waals surface area contributed by atoms with Gasteiger partial charge in [-0.3, -0.25) is 9.59 Å². The third-order valence-corrected chi connectivity index (χ3v) is 3.42. The summed E-state index contributed by atoms with van der Waals surface area (Å²) >= 11 is 3.21. The first kappa shape index (κ1) is 14.3. The van der Waals surface area contributed by atoms with E-state index < -0.39 is 10.8 Å². The van der Waals surface area contributed by atoms with Crippen molar-refractivity contribution in [3.8, 4) is 0 Å². The molecule has 0 saturated heterocycles. The Morgan fingerprint density at radius 3 is 2.44 bits per heavy atom. The van der Waals surface area contributed by atoms with Gasteiger partial charge in [0, 0.05) is 11.6 Å². The van der Waals surface area contributed by atoms with E-state index in [0.29, 0.717) is 23.0 Å². The molecule has 0 bridgehead atoms. The summed E-state index contributed by atoms with van der Waals surface area (Å²) in [7, 11) is 0. The average molecular weight is 311 g/mol. The minimum atomic E-state index is -1.09. The summed E-state index contributed by atoms with van der Waals surface area (Å²) < 4.78 is 0. The van der Waals surface area contributed by atoms with E-state index in [9.17, 15) is 14.4 Å². The number of carbonyl (C=O) groups is 3. The van der Waals surface area contributed by atoms with E-state index in [1.165, 1.54) is 13.0 Å². The highest BCUT2D eigenvalue weighted by Gasteiger charge is 2.19. The van der Waals surface area contributed by atoms with Crippen LogP contribution in [0.3, 0.4) is 0 Å². The van der Waals surface area contributed by atoms with Crippen LogP contribution in [0.4, 0.5) is 0 Å². The second-order valence-corrected chi connectivity index (χ2v) is 4.53. The van der Waals surface area contributed by atoms with Crippen LogP contribution in [0.2, 0.25) is 0 Å². The van der Waals surface area contributed by atoms with Gasteiger partial charge in [0.1, 0.15) is 12.1 Å². The molecule has 1 atom stereocenters. The van der Waals surface area contributed by atoms with Crippen molar-refractivity contribution in [2.45, 2.75) is 11.8 Å². The first-order chi connectivity index (χ1) is 8.47. The van der Waals surface area contributed by atoms with Crippen LogP contribution in [0.5, 0.6) is 0 Å². The maximum atomic E-state index is 11.4. The predicted molar refractivity (Wildman–Crippen MR) is 70.8 cm³/mol. The molecule has 0 spiro atoms. The highest BCUT2D eigenvalue weighted by molar-refractivity contribution is 9.09. The first-order valence-corrected chi connectivity index (χ1v) is 6.02. The lowest BCUT2D eigenvalue weighted by molar-refractivity contribution is -0.131. The molecule has 94 valence electrons. The molecule has 5 heteroatoms. The molecule has 0 aliphatic heterocycles. The van der Waals surface area contributed by atoms with Crippen molar-refractivity contribution in [2.24, 2.45) is 0 Å². The number of halogens is 1. The fourth-order valence-electron chi connectivity index (χ4n) is 1.51. The number of Topliss-reactive ketones (excluding diaryl/α,β-unsaturated/α-hetero) is 1. The molecule has 0 heterocycles. The number of alkyl halides is 1. The average Bonchev–Trinajstić information content (AvgIpc) is 2.34. The van der Waals surface area contributed by atoms with Gasteiger partial charge in [0.05, 0.1) is 4.83 Å². The number of rotatable bonds is 5. The zero-order valence-electron chi connectivity index (χ0n) is 9.59. The minimum absolute atomic E-state index is 0.158. The van der Waals surface area contributed by atoms with Crippen molar-refractivity contribution in [1.82, 2.24) is 0 Å². The second kappa shape index (κ2) is 6.26. The van der Waals surface area contributed by atoms with E-state index in [-0.39, 0.29) is 5.78 Å². The van der Waals surface area contributed by atoms with Crippen LogP contribution in [0.15, 0.2) is 24.3 Å². The molecular formula is C13H11BrO4. The number of ketones is 1. The molecule has 0 amide bonds. The van der Waals surface area contributed by atoms with Crippen molar-refractivity contribution >= 4 is 40.0 Å². The van der Waals surface area contributed by atoms with Gasteiger partial charge in [-0.15, -0.1) is 0 Å². The number of carbonyl (C=O) groups excluding carboxylic acids is 2. The maximum Gasteiger partial charge on any atom is 0.328 e. The molecule has 4 nitrogen and oxygen atoms in total. The van der Waals surface area contributed by atoms with Crippen LogP contribution in [0.1, 0.15) is 33.2 Å². The Bertz CT molecular complexity index is 520. The Morgan fingerprint density at radius 2 is 1.94 bits per heavy atom. The van der Waals surface area contributed by atoms with Gasteiger partial charge in [-0.05, 0) is 24.1 Å². The molecule has 0 aliphatic rings. The Labute approximate surface area is 112 Å². The molecule has 0 radical (unpaired) electrons. The normalized spacial score (nSPS) is 12.3. The van der Waals surface area contributed by atoms with E-state index in [1.54, 1.807) is 18.2 Å². The number of hydrogen-bond acceptors (Lipinski definition) is 3. The Morgan fingerprint density at radius 1 is 1.33 bits per heavy atom. The van der Waals surface area contributed by atoms with Crippen molar-refractivity contribution in [1.29, 1.82) is 0 Å². The van der Waals surface area contributed by atoms with Crippen LogP contribution in [0.25, 0.3) is 6.08 Å². The van der Waals surface area contributed by atoms with Gasteiger partial charge in [-0.25, -0.2) is 4.79 Å². The van der Waals surface area contributed by atoms with Crippen molar-refractivity contribution in [3.63, 3.8) is 0 Å². The molecule has 0 aromatic heterocycles. The van der Waals surface area contributed by atoms with Crippen LogP contribution >= 0.6 is 15.9 Å². The van der Waals surface area contributed by atoms with Crippen LogP contribution in [-0.4, -0.2) is 23.1 Å². The molecule has 0 saturated carbocycles. The van der Waals surface area contributed by atoms with Gasteiger partial charge in [0.2, 0.25) is 0 Å². The van der Waals surface area contributed by atoms with Gasteiger partial charge in [-0.2, -0.15) is 0 Å². The van der Waals surface area contributed by atoms with E-state index >= 15 is 0 Å². The topological polar surface area (TPSA) is 71.4 Å². The van der Waals surface area contributed by atoms with Crippen LogP contribution in [-0.2, 0) is 9.59 Å². The molecule has 18 heavy (non-hydrogen) atoms. The smallest absolute Gasteiger partial charge is 0.328 e. The molecule has 0 aliphatic carbocycles. The van der Waals surface area contributed by atoms with Gasteiger partial charge >= 0.3 is 5.97 Å². The van der Waals surface area contributed by atoms with Gasteiger partial charge in [-0.1, -0.05) is 34.1 Å². The molecule has 1 rings (SSSR count). The predicted octanol–water partition coefficient (Wildman–Crippen LogP) is 2.62. The summed E-state index contributed by atoms with van der Waals surface area (Å²) in [5, 5.41) is 8.60. The van der Waals surface area contributed by atoms with Crippen LogP contribution < -0.4 is 0 Å². The largest absolute Gasteiger partial charge is 0.478 e. The fraction of sp³-hybridized carbons (Fsp3) is 0.154. The number of carboxylic acid groups (broad SMARTS) is 1. The molecule has 1 aromatic rings. The maximum absolute atomic E-state index is 11.4. The third-order valence-electron chi connectivity index (χ3n) is 2.32. The van der Waals surface area contributed by atoms with E-state index in [1.807, 2.05) is 0 Å². The zero-order valence-corrected chi connectivity index (χ0v) is 11.2. The van der Waals surface area contributed by atoms with Crippen molar-refractivity contribution in [3.05, 3.63) is 41.0 Å². The lowest BCUT2D eigenvalue weighted by Gasteiger charge is -2.12. The van der Waals surface area contributed by atoms with Crippen molar-refractivity contribution in [2.75, 3.05) is 0 Å². The monoisotopic (exact) mass is 310 g/mol. The van der Waals surface area contributed by atoms with Crippen molar-refractivity contribution < 1.29 is 19.5 Å². The summed E-state index contributed by atoms with van der Waals surface area (Å²) in [5.41, 5.74) is 1.37. The summed E-state index contributed by atoms with van der Waals surface area (Å²) in [6.45, 7) is 1.39. The van der Waals surface area contributed by atoms with Gasteiger partial charge in [0.25, 0.3) is 0 Å². The van der Waals surface area contributed by atoms with Gasteiger partial charge in [0.15, 0.2) is 0 Å². The fourth-order valence-corrected chi connectivity index (χ4v) is 2.04. The third kappa shape index (κ3) is 3.37. The SMILES string of the molecule is CC(=O)C(Br)c1c(C=O)cccc1C=CC(=O)O. The summed E-state index contributed by atoms with van der Waals surface area (Å²) in [6.07, 6.45) is 2.97. The quantitative estimate of drug-likeness (QED) is 0.515. The Kier molecular flexibility index (Phi) is 4.97. The summed E-state index contributed by atoms with van der Waals surface area (Å²) in [5.74, 6) is -1.25. The molecule has 1 N–H and O–H groups in total. The summed E-state index contributed by atoms with van der Waals surface area (Å²) in [6, 6.07) is 4.87. The number of aliphatic carboxylic acids is 1. The van der Waals surface area contributed by atoms with E-state index in [2.05, 4.69) is 15.9 Å². The number of carboxylic acids is 1. The first-order valence-electron chi connectivity index (χ1n) is 5.11. The lowest BCUT2D eigenvalue weighted by Crippen LogP contribution is -2.06. The lowest BCUT2D eigenvalue weighted by atomic mass is 9.97. The van der Waals surface area contributed by atoms with E-state index in [4.69, 9.17) is 5.11 Å². The Hall–Kier alpha value is -1.75. The Balaban J connectivity index is 3.37. The van der Waals surface area contributed by atoms with Gasteiger partial charge < -0.3 is 5.11 Å². The highest BCUT2D eigenvalue weighted by atomic mass is 79.9. The highest BCUT2D eigenvalue weighted by Crippen LogP contribution is 2.30. The van der Waals surface area contributed by atoms with Crippen LogP contribution in [0, 0.1) is 0 Å². The minimum Gasteiger partial charge on any atom is -0.478 e. The van der Waals surface area contributed by atoms with E-state index in [0.717, 1.165) is 6.08 Å². The number of hydrogen-bond donors (Lipinski definition) is 1.